The highest BCUT2D eigenvalue weighted by atomic mass is 28.4. The van der Waals surface area contributed by atoms with Crippen molar-refractivity contribution in [2.75, 3.05) is 6.54 Å². The van der Waals surface area contributed by atoms with Gasteiger partial charge in [0, 0.05) is 36.7 Å². The Morgan fingerprint density at radius 3 is 2.12 bits per heavy atom. The summed E-state index contributed by atoms with van der Waals surface area (Å²) in [5.74, 6) is -0.414. The van der Waals surface area contributed by atoms with Crippen molar-refractivity contribution >= 4 is 8.32 Å². The van der Waals surface area contributed by atoms with Gasteiger partial charge in [-0.1, -0.05) is 88.2 Å². The lowest BCUT2D eigenvalue weighted by Crippen LogP contribution is -2.46. The van der Waals surface area contributed by atoms with Crippen molar-refractivity contribution in [1.29, 1.82) is 0 Å². The maximum atomic E-state index is 17.4. The molecule has 1 fully saturated rings. The lowest BCUT2D eigenvalue weighted by Gasteiger charge is -2.44. The van der Waals surface area contributed by atoms with Crippen molar-refractivity contribution in [3.05, 3.63) is 124 Å². The molecule has 0 spiro atoms. The first-order valence-corrected chi connectivity index (χ1v) is 20.1. The van der Waals surface area contributed by atoms with Crippen molar-refractivity contribution in [3.8, 4) is 11.1 Å². The van der Waals surface area contributed by atoms with Crippen LogP contribution in [0.25, 0.3) is 11.1 Å². The van der Waals surface area contributed by atoms with E-state index in [-0.39, 0.29) is 16.5 Å². The molecule has 1 aliphatic heterocycles. The minimum absolute atomic E-state index is 0.00328. The molecule has 0 N–H and O–H groups in total. The summed E-state index contributed by atoms with van der Waals surface area (Å²) in [7, 11) is -2.40. The summed E-state index contributed by atoms with van der Waals surface area (Å²) in [4.78, 5) is 7.67. The van der Waals surface area contributed by atoms with Crippen LogP contribution in [0, 0.1) is 5.82 Å². The highest BCUT2D eigenvalue weighted by Crippen LogP contribution is 2.50. The van der Waals surface area contributed by atoms with E-state index in [0.717, 1.165) is 54.6 Å². The predicted molar refractivity (Wildman–Crippen MR) is 187 cm³/mol. The van der Waals surface area contributed by atoms with Crippen LogP contribution >= 0.6 is 0 Å². The Balaban J connectivity index is 1.60. The molecule has 260 valence electrons. The molecule has 3 aromatic carbocycles. The van der Waals surface area contributed by atoms with Crippen molar-refractivity contribution in [2.24, 2.45) is 0 Å². The van der Waals surface area contributed by atoms with Gasteiger partial charge in [-0.25, -0.2) is 8.78 Å². The Labute approximate surface area is 287 Å². The van der Waals surface area contributed by atoms with Gasteiger partial charge in [0.1, 0.15) is 5.82 Å². The summed E-state index contributed by atoms with van der Waals surface area (Å²) in [5.41, 5.74) is 4.35. The molecule has 0 radical (unpaired) electrons. The average molecular weight is 693 g/mol. The average Bonchev–Trinajstić information content (AvgIpc) is 3.59. The van der Waals surface area contributed by atoms with Crippen molar-refractivity contribution in [1.82, 2.24) is 9.88 Å². The SMILES string of the molecule is CC(C)(C)[Si](C)(C)OC1CN(Cc2ccccc2)Cc2nc(C3CCCC3)c(C(F)c3ccc(C(F)(F)F)cc3)c(-c3ccc(F)cc3)c21. The minimum Gasteiger partial charge on any atom is -0.409 e. The summed E-state index contributed by atoms with van der Waals surface area (Å²) in [6.07, 6.45) is -3.08. The number of pyridine rings is 1. The summed E-state index contributed by atoms with van der Waals surface area (Å²) < 4.78 is 79.5. The van der Waals surface area contributed by atoms with Gasteiger partial charge >= 0.3 is 6.18 Å². The second kappa shape index (κ2) is 13.7. The van der Waals surface area contributed by atoms with Crippen LogP contribution in [0.3, 0.4) is 0 Å². The highest BCUT2D eigenvalue weighted by molar-refractivity contribution is 6.74. The van der Waals surface area contributed by atoms with E-state index in [4.69, 9.17) is 9.41 Å². The van der Waals surface area contributed by atoms with Gasteiger partial charge in [0.25, 0.3) is 0 Å². The number of aromatic nitrogens is 1. The van der Waals surface area contributed by atoms with E-state index in [0.29, 0.717) is 42.0 Å². The molecule has 9 heteroatoms. The summed E-state index contributed by atoms with van der Waals surface area (Å²) in [5, 5.41) is -0.117. The molecule has 1 aliphatic carbocycles. The van der Waals surface area contributed by atoms with E-state index in [1.165, 1.54) is 24.3 Å². The molecular formula is C40H45F5N2OSi. The van der Waals surface area contributed by atoms with Crippen LogP contribution in [0.1, 0.15) is 104 Å². The van der Waals surface area contributed by atoms with Gasteiger partial charge in [-0.3, -0.25) is 9.88 Å². The zero-order chi connectivity index (χ0) is 35.1. The standard InChI is InChI=1S/C40H45F5N2OSi/c1-39(2,3)49(4,5)48-33-25-47(23-26-11-7-6-8-12-26)24-32-35(33)34(27-17-21-31(41)22-18-27)36(38(46-32)29-13-9-10-14-29)37(42)28-15-19-30(20-16-28)40(43,44)45/h6-8,11-12,15-22,29,33,37H,9-10,13-14,23-25H2,1-5H3. The molecule has 3 nitrogen and oxygen atoms in total. The molecule has 1 saturated carbocycles. The van der Waals surface area contributed by atoms with Crippen LogP contribution in [0.2, 0.25) is 18.1 Å². The third-order valence-corrected chi connectivity index (χ3v) is 15.1. The zero-order valence-electron chi connectivity index (χ0n) is 28.9. The van der Waals surface area contributed by atoms with E-state index >= 15 is 4.39 Å². The lowest BCUT2D eigenvalue weighted by molar-refractivity contribution is -0.137. The quantitative estimate of drug-likeness (QED) is 0.136. The Hall–Kier alpha value is -3.40. The number of hydrogen-bond donors (Lipinski definition) is 0. The number of fused-ring (bicyclic) bond motifs is 1. The monoisotopic (exact) mass is 692 g/mol. The molecule has 4 aromatic rings. The van der Waals surface area contributed by atoms with E-state index in [2.05, 4.69) is 50.9 Å². The minimum atomic E-state index is -4.54. The van der Waals surface area contributed by atoms with Gasteiger partial charge in [-0.05, 0) is 77.5 Å². The number of halogens is 5. The topological polar surface area (TPSA) is 25.4 Å². The van der Waals surface area contributed by atoms with Gasteiger partial charge in [0.15, 0.2) is 14.5 Å². The van der Waals surface area contributed by atoms with Gasteiger partial charge in [0.05, 0.1) is 23.1 Å². The molecule has 2 atom stereocenters. The maximum Gasteiger partial charge on any atom is 0.416 e. The van der Waals surface area contributed by atoms with Crippen molar-refractivity contribution < 1.29 is 26.4 Å². The van der Waals surface area contributed by atoms with Crippen LogP contribution in [-0.2, 0) is 23.7 Å². The van der Waals surface area contributed by atoms with Crippen LogP contribution in [-0.4, -0.2) is 24.7 Å². The fourth-order valence-electron chi connectivity index (χ4n) is 7.05. The van der Waals surface area contributed by atoms with Gasteiger partial charge < -0.3 is 4.43 Å². The van der Waals surface area contributed by atoms with E-state index in [9.17, 15) is 17.6 Å². The summed E-state index contributed by atoms with van der Waals surface area (Å²) >= 11 is 0. The zero-order valence-corrected chi connectivity index (χ0v) is 29.9. The summed E-state index contributed by atoms with van der Waals surface area (Å²) in [6, 6.07) is 20.7. The number of benzene rings is 3. The molecular weight excluding hydrogens is 648 g/mol. The smallest absolute Gasteiger partial charge is 0.409 e. The Kier molecular flexibility index (Phi) is 9.92. The molecule has 6 rings (SSSR count). The first-order chi connectivity index (χ1) is 23.1. The molecule has 1 aromatic heterocycles. The third-order valence-electron chi connectivity index (χ3n) is 10.7. The van der Waals surface area contributed by atoms with E-state index in [1.807, 2.05) is 18.2 Å². The lowest BCUT2D eigenvalue weighted by atomic mass is 9.81. The highest BCUT2D eigenvalue weighted by Gasteiger charge is 2.44. The van der Waals surface area contributed by atoms with Gasteiger partial charge in [-0.15, -0.1) is 0 Å². The van der Waals surface area contributed by atoms with Crippen LogP contribution < -0.4 is 0 Å². The largest absolute Gasteiger partial charge is 0.416 e. The molecule has 0 saturated heterocycles. The maximum absolute atomic E-state index is 17.4. The molecule has 0 bridgehead atoms. The molecule has 49 heavy (non-hydrogen) atoms. The van der Waals surface area contributed by atoms with Crippen molar-refractivity contribution in [2.45, 2.75) is 102 Å². The predicted octanol–water partition coefficient (Wildman–Crippen LogP) is 11.7. The van der Waals surface area contributed by atoms with Gasteiger partial charge in [-0.2, -0.15) is 13.2 Å². The third kappa shape index (κ3) is 7.54. The summed E-state index contributed by atoms with van der Waals surface area (Å²) in [6.45, 7) is 12.7. The van der Waals surface area contributed by atoms with Crippen LogP contribution in [0.5, 0.6) is 0 Å². The molecule has 2 heterocycles. The Morgan fingerprint density at radius 2 is 1.53 bits per heavy atom. The molecule has 2 aliphatic rings. The van der Waals surface area contributed by atoms with Gasteiger partial charge in [0.2, 0.25) is 0 Å². The normalized spacial score (nSPS) is 18.4. The second-order valence-electron chi connectivity index (χ2n) is 15.1. The number of rotatable bonds is 8. The van der Waals surface area contributed by atoms with Crippen LogP contribution in [0.4, 0.5) is 22.0 Å². The fourth-order valence-corrected chi connectivity index (χ4v) is 8.30. The second-order valence-corrected chi connectivity index (χ2v) is 19.9. The van der Waals surface area contributed by atoms with E-state index in [1.54, 1.807) is 12.1 Å². The van der Waals surface area contributed by atoms with E-state index < -0.39 is 38.2 Å². The van der Waals surface area contributed by atoms with Crippen LogP contribution in [0.15, 0.2) is 78.9 Å². The molecule has 0 amide bonds. The first-order valence-electron chi connectivity index (χ1n) is 17.2. The number of hydrogen-bond acceptors (Lipinski definition) is 3. The number of nitrogens with zero attached hydrogens (tertiary/aromatic N) is 2. The fraction of sp³-hybridized carbons (Fsp3) is 0.425. The Bertz CT molecular complexity index is 1750. The number of alkyl halides is 4. The first kappa shape index (κ1) is 35.4. The molecule has 2 unspecified atom stereocenters. The Morgan fingerprint density at radius 1 is 0.898 bits per heavy atom. The van der Waals surface area contributed by atoms with Crippen molar-refractivity contribution in [3.63, 3.8) is 0 Å².